The normalized spacial score (nSPS) is 37.2. The lowest BCUT2D eigenvalue weighted by molar-refractivity contribution is -0.157. The molecule has 2 aliphatic rings. The Morgan fingerprint density at radius 2 is 2.00 bits per heavy atom. The molecule has 104 valence electrons. The Kier molecular flexibility index (Phi) is 3.50. The lowest BCUT2D eigenvalue weighted by Crippen LogP contribution is -2.38. The van der Waals surface area contributed by atoms with Gasteiger partial charge in [-0.3, -0.25) is 4.79 Å². The zero-order valence-electron chi connectivity index (χ0n) is 12.6. The lowest BCUT2D eigenvalue weighted by Gasteiger charge is -2.38. The molecule has 2 rings (SSSR count). The van der Waals surface area contributed by atoms with Crippen molar-refractivity contribution in [3.63, 3.8) is 0 Å². The molecule has 0 amide bonds. The topological polar surface area (TPSA) is 26.3 Å². The summed E-state index contributed by atoms with van der Waals surface area (Å²) in [4.78, 5) is 11.9. The van der Waals surface area contributed by atoms with E-state index in [4.69, 9.17) is 4.74 Å². The van der Waals surface area contributed by atoms with E-state index in [2.05, 4.69) is 34.6 Å². The van der Waals surface area contributed by atoms with Crippen LogP contribution in [-0.2, 0) is 9.53 Å². The first kappa shape index (κ1) is 13.9. The van der Waals surface area contributed by atoms with Crippen LogP contribution in [0.5, 0.6) is 0 Å². The third-order valence-electron chi connectivity index (χ3n) is 5.91. The van der Waals surface area contributed by atoms with Gasteiger partial charge in [-0.2, -0.15) is 0 Å². The molecule has 2 aliphatic carbocycles. The fourth-order valence-electron chi connectivity index (χ4n) is 3.93. The molecule has 2 nitrogen and oxygen atoms in total. The van der Waals surface area contributed by atoms with Crippen molar-refractivity contribution >= 4 is 5.97 Å². The molecule has 0 saturated heterocycles. The predicted molar refractivity (Wildman–Crippen MR) is 73.2 cm³/mol. The summed E-state index contributed by atoms with van der Waals surface area (Å²) in [5.41, 5.74) is 0.529. The summed E-state index contributed by atoms with van der Waals surface area (Å²) in [6.45, 7) is 11.3. The Bertz CT molecular complexity index is 332. The first-order chi connectivity index (χ1) is 8.27. The summed E-state index contributed by atoms with van der Waals surface area (Å²) in [5.74, 6) is 1.33. The number of hydrogen-bond donors (Lipinski definition) is 0. The van der Waals surface area contributed by atoms with Crippen LogP contribution in [0, 0.1) is 22.7 Å². The second kappa shape index (κ2) is 4.54. The third-order valence-corrected chi connectivity index (χ3v) is 5.91. The molecule has 2 bridgehead atoms. The van der Waals surface area contributed by atoms with Crippen molar-refractivity contribution < 1.29 is 9.53 Å². The fraction of sp³-hybridized carbons (Fsp3) is 0.938. The molecule has 0 aromatic carbocycles. The fourth-order valence-corrected chi connectivity index (χ4v) is 3.93. The van der Waals surface area contributed by atoms with E-state index in [1.807, 2.05) is 0 Å². The maximum absolute atomic E-state index is 11.9. The number of rotatable bonds is 4. The molecule has 2 fully saturated rings. The summed E-state index contributed by atoms with van der Waals surface area (Å²) in [6.07, 6.45) is 5.28. The summed E-state index contributed by atoms with van der Waals surface area (Å²) >= 11 is 0. The van der Waals surface area contributed by atoms with E-state index >= 15 is 0 Å². The van der Waals surface area contributed by atoms with Crippen LogP contribution < -0.4 is 0 Å². The van der Waals surface area contributed by atoms with Crippen molar-refractivity contribution in [1.29, 1.82) is 0 Å². The monoisotopic (exact) mass is 252 g/mol. The molecular weight excluding hydrogens is 224 g/mol. The number of esters is 1. The standard InChI is InChI=1S/C16H28O2/c1-11(2)6-7-14(17)18-13-10-12-8-9-16(13,5)15(12,3)4/h11-13H,6-10H2,1-5H3. The molecule has 3 atom stereocenters. The average molecular weight is 252 g/mol. The molecule has 3 unspecified atom stereocenters. The van der Waals surface area contributed by atoms with Crippen molar-refractivity contribution in [3.8, 4) is 0 Å². The number of fused-ring (bicyclic) bond motifs is 2. The maximum Gasteiger partial charge on any atom is 0.306 e. The van der Waals surface area contributed by atoms with E-state index < -0.39 is 0 Å². The lowest BCUT2D eigenvalue weighted by atomic mass is 9.70. The van der Waals surface area contributed by atoms with Crippen molar-refractivity contribution in [1.82, 2.24) is 0 Å². The Labute approximate surface area is 111 Å². The highest BCUT2D eigenvalue weighted by molar-refractivity contribution is 5.69. The first-order valence-corrected chi connectivity index (χ1v) is 7.47. The van der Waals surface area contributed by atoms with E-state index in [1.165, 1.54) is 12.8 Å². The molecule has 0 radical (unpaired) electrons. The molecular formula is C16H28O2. The molecule has 0 N–H and O–H groups in total. The molecule has 2 heteroatoms. The molecule has 18 heavy (non-hydrogen) atoms. The minimum atomic E-state index is 0.0123. The Balaban J connectivity index is 1.94. The molecule has 0 spiro atoms. The van der Waals surface area contributed by atoms with Crippen molar-refractivity contribution in [2.45, 2.75) is 72.8 Å². The third kappa shape index (κ3) is 2.08. The van der Waals surface area contributed by atoms with Gasteiger partial charge in [-0.1, -0.05) is 34.6 Å². The van der Waals surface area contributed by atoms with Crippen LogP contribution >= 0.6 is 0 Å². The van der Waals surface area contributed by atoms with Gasteiger partial charge < -0.3 is 4.74 Å². The van der Waals surface area contributed by atoms with E-state index in [0.29, 0.717) is 17.8 Å². The highest BCUT2D eigenvalue weighted by atomic mass is 16.5. The minimum absolute atomic E-state index is 0.0123. The van der Waals surface area contributed by atoms with E-state index in [1.54, 1.807) is 0 Å². The predicted octanol–water partition coefficient (Wildman–Crippen LogP) is 4.18. The van der Waals surface area contributed by atoms with Crippen molar-refractivity contribution in [3.05, 3.63) is 0 Å². The first-order valence-electron chi connectivity index (χ1n) is 7.47. The SMILES string of the molecule is CC(C)CCC(=O)OC1CC2CCC1(C)C2(C)C. The van der Waals surface area contributed by atoms with Gasteiger partial charge in [0.15, 0.2) is 0 Å². The zero-order chi connectivity index (χ0) is 13.6. The Hall–Kier alpha value is -0.530. The van der Waals surface area contributed by atoms with Crippen LogP contribution in [0.2, 0.25) is 0 Å². The van der Waals surface area contributed by atoms with Crippen LogP contribution in [0.15, 0.2) is 0 Å². The van der Waals surface area contributed by atoms with Crippen molar-refractivity contribution in [2.24, 2.45) is 22.7 Å². The van der Waals surface area contributed by atoms with Crippen LogP contribution in [0.4, 0.5) is 0 Å². The molecule has 2 saturated carbocycles. The van der Waals surface area contributed by atoms with Crippen molar-refractivity contribution in [2.75, 3.05) is 0 Å². The van der Waals surface area contributed by atoms with Gasteiger partial charge in [0.1, 0.15) is 6.10 Å². The Morgan fingerprint density at radius 3 is 2.44 bits per heavy atom. The molecule has 0 aromatic heterocycles. The molecule has 0 heterocycles. The number of ether oxygens (including phenoxy) is 1. The largest absolute Gasteiger partial charge is 0.462 e. The van der Waals surface area contributed by atoms with Gasteiger partial charge in [0.25, 0.3) is 0 Å². The van der Waals surface area contributed by atoms with Crippen LogP contribution in [-0.4, -0.2) is 12.1 Å². The summed E-state index contributed by atoms with van der Waals surface area (Å²) in [6, 6.07) is 0. The van der Waals surface area contributed by atoms with Gasteiger partial charge in [-0.15, -0.1) is 0 Å². The van der Waals surface area contributed by atoms with E-state index in [-0.39, 0.29) is 17.5 Å². The number of carbonyl (C=O) groups excluding carboxylic acids is 1. The van der Waals surface area contributed by atoms with Gasteiger partial charge in [-0.25, -0.2) is 0 Å². The Morgan fingerprint density at radius 1 is 1.33 bits per heavy atom. The van der Waals surface area contributed by atoms with Gasteiger partial charge in [0.05, 0.1) is 0 Å². The van der Waals surface area contributed by atoms with Crippen LogP contribution in [0.25, 0.3) is 0 Å². The van der Waals surface area contributed by atoms with Gasteiger partial charge in [0, 0.05) is 11.8 Å². The smallest absolute Gasteiger partial charge is 0.306 e. The maximum atomic E-state index is 11.9. The minimum Gasteiger partial charge on any atom is -0.462 e. The van der Waals surface area contributed by atoms with Gasteiger partial charge in [0.2, 0.25) is 0 Å². The summed E-state index contributed by atoms with van der Waals surface area (Å²) in [5, 5.41) is 0. The molecule has 0 aliphatic heterocycles. The highest BCUT2D eigenvalue weighted by Gasteiger charge is 2.62. The van der Waals surface area contributed by atoms with Gasteiger partial charge in [-0.05, 0) is 42.9 Å². The second-order valence-electron chi connectivity index (χ2n) is 7.52. The summed E-state index contributed by atoms with van der Waals surface area (Å²) < 4.78 is 5.80. The number of hydrogen-bond acceptors (Lipinski definition) is 2. The second-order valence-corrected chi connectivity index (χ2v) is 7.52. The quantitative estimate of drug-likeness (QED) is 0.702. The van der Waals surface area contributed by atoms with Gasteiger partial charge >= 0.3 is 5.97 Å². The van der Waals surface area contributed by atoms with E-state index in [0.717, 1.165) is 18.8 Å². The average Bonchev–Trinajstić information content (AvgIpc) is 2.59. The molecule has 0 aromatic rings. The zero-order valence-corrected chi connectivity index (χ0v) is 12.6. The summed E-state index contributed by atoms with van der Waals surface area (Å²) in [7, 11) is 0. The van der Waals surface area contributed by atoms with Crippen LogP contribution in [0.3, 0.4) is 0 Å². The van der Waals surface area contributed by atoms with Crippen LogP contribution in [0.1, 0.15) is 66.7 Å². The highest BCUT2D eigenvalue weighted by Crippen LogP contribution is 2.66. The number of carbonyl (C=O) groups is 1. The van der Waals surface area contributed by atoms with E-state index in [9.17, 15) is 4.79 Å².